The van der Waals surface area contributed by atoms with Crippen LogP contribution in [0.1, 0.15) is 96.8 Å². The minimum Gasteiger partial charge on any atom is -0.481 e. The number of carboxylic acid groups (broad SMARTS) is 1. The third-order valence-electron chi connectivity index (χ3n) is 4.62. The number of thiol groups is 1. The van der Waals surface area contributed by atoms with Gasteiger partial charge in [-0.1, -0.05) is 90.4 Å². The summed E-state index contributed by atoms with van der Waals surface area (Å²) >= 11 is 4.01. The molecule has 0 aliphatic rings. The molecule has 0 heterocycles. The second-order valence-corrected chi connectivity index (χ2v) is 7.38. The lowest BCUT2D eigenvalue weighted by Crippen LogP contribution is -2.36. The molecule has 1 unspecified atom stereocenters. The van der Waals surface area contributed by atoms with Crippen LogP contribution in [-0.2, 0) is 9.59 Å². The van der Waals surface area contributed by atoms with Crippen LogP contribution in [-0.4, -0.2) is 29.3 Å². The van der Waals surface area contributed by atoms with E-state index in [1.807, 2.05) is 0 Å². The van der Waals surface area contributed by atoms with Crippen molar-refractivity contribution >= 4 is 24.5 Å². The number of carbonyl (C=O) groups is 2. The molecule has 0 rings (SSSR count). The van der Waals surface area contributed by atoms with Crippen LogP contribution in [0.5, 0.6) is 0 Å². The highest BCUT2D eigenvalue weighted by Crippen LogP contribution is 2.15. The molecule has 0 saturated carbocycles. The van der Waals surface area contributed by atoms with E-state index in [0.29, 0.717) is 18.7 Å². The molecule has 1 amide bonds. The number of carbonyl (C=O) groups excluding carboxylic acids is 1. The van der Waals surface area contributed by atoms with Crippen LogP contribution in [0.2, 0.25) is 0 Å². The topological polar surface area (TPSA) is 66.4 Å². The molecule has 25 heavy (non-hydrogen) atoms. The first kappa shape index (κ1) is 24.3. The van der Waals surface area contributed by atoms with Crippen molar-refractivity contribution < 1.29 is 14.7 Å². The summed E-state index contributed by atoms with van der Waals surface area (Å²) in [6.45, 7) is 2.67. The lowest BCUT2D eigenvalue weighted by molar-refractivity contribution is -0.147. The first-order valence-corrected chi connectivity index (χ1v) is 10.9. The molecule has 1 atom stereocenters. The van der Waals surface area contributed by atoms with Gasteiger partial charge in [-0.05, 0) is 6.42 Å². The Morgan fingerprint density at radius 3 is 1.68 bits per heavy atom. The molecular weight excluding hydrogens is 334 g/mol. The van der Waals surface area contributed by atoms with Crippen molar-refractivity contribution in [1.82, 2.24) is 5.32 Å². The van der Waals surface area contributed by atoms with Crippen molar-refractivity contribution in [3.8, 4) is 0 Å². The van der Waals surface area contributed by atoms with Crippen LogP contribution in [0.15, 0.2) is 0 Å². The Morgan fingerprint density at radius 2 is 1.28 bits per heavy atom. The van der Waals surface area contributed by atoms with Gasteiger partial charge in [-0.2, -0.15) is 12.6 Å². The maximum Gasteiger partial charge on any atom is 0.316 e. The van der Waals surface area contributed by atoms with Gasteiger partial charge in [0.2, 0.25) is 5.91 Å². The first-order valence-electron chi connectivity index (χ1n) is 10.2. The van der Waals surface area contributed by atoms with Crippen LogP contribution in [0.25, 0.3) is 0 Å². The zero-order chi connectivity index (χ0) is 18.8. The summed E-state index contributed by atoms with van der Waals surface area (Å²) in [5.74, 6) is -1.78. The molecule has 0 aliphatic heterocycles. The first-order chi connectivity index (χ1) is 12.1. The van der Waals surface area contributed by atoms with E-state index in [1.165, 1.54) is 64.2 Å². The number of amides is 1. The van der Waals surface area contributed by atoms with Gasteiger partial charge >= 0.3 is 5.97 Å². The van der Waals surface area contributed by atoms with Gasteiger partial charge < -0.3 is 10.4 Å². The highest BCUT2D eigenvalue weighted by Gasteiger charge is 2.24. The molecule has 2 N–H and O–H groups in total. The van der Waals surface area contributed by atoms with Gasteiger partial charge in [0.15, 0.2) is 0 Å². The van der Waals surface area contributed by atoms with E-state index in [9.17, 15) is 9.59 Å². The number of rotatable bonds is 18. The monoisotopic (exact) mass is 373 g/mol. The van der Waals surface area contributed by atoms with Crippen LogP contribution in [0.3, 0.4) is 0 Å². The van der Waals surface area contributed by atoms with Crippen LogP contribution in [0, 0.1) is 5.92 Å². The summed E-state index contributed by atoms with van der Waals surface area (Å²) in [7, 11) is 0. The van der Waals surface area contributed by atoms with Gasteiger partial charge in [-0.15, -0.1) is 0 Å². The molecule has 0 aliphatic carbocycles. The summed E-state index contributed by atoms with van der Waals surface area (Å²) in [6, 6.07) is 0. The van der Waals surface area contributed by atoms with E-state index >= 15 is 0 Å². The second-order valence-electron chi connectivity index (χ2n) is 6.94. The highest BCUT2D eigenvalue weighted by atomic mass is 32.1. The second kappa shape index (κ2) is 18.1. The summed E-state index contributed by atoms with van der Waals surface area (Å²) < 4.78 is 0. The van der Waals surface area contributed by atoms with Gasteiger partial charge in [0, 0.05) is 12.3 Å². The lowest BCUT2D eigenvalue weighted by Gasteiger charge is -2.12. The van der Waals surface area contributed by atoms with Gasteiger partial charge in [-0.3, -0.25) is 9.59 Å². The third-order valence-corrected chi connectivity index (χ3v) is 4.85. The van der Waals surface area contributed by atoms with E-state index in [4.69, 9.17) is 5.11 Å². The molecule has 0 fully saturated rings. The fourth-order valence-corrected chi connectivity index (χ4v) is 3.15. The zero-order valence-electron chi connectivity index (χ0n) is 16.1. The predicted molar refractivity (Wildman–Crippen MR) is 108 cm³/mol. The summed E-state index contributed by atoms with van der Waals surface area (Å²) in [4.78, 5) is 22.9. The van der Waals surface area contributed by atoms with Gasteiger partial charge in [0.1, 0.15) is 5.92 Å². The predicted octanol–water partition coefficient (Wildman–Crippen LogP) is 5.21. The SMILES string of the molecule is CCCCCCCCCCCCCCCC(C(=O)O)C(=O)NCCS. The van der Waals surface area contributed by atoms with Gasteiger partial charge in [0.05, 0.1) is 0 Å². The van der Waals surface area contributed by atoms with E-state index in [2.05, 4.69) is 24.9 Å². The molecule has 0 aromatic rings. The molecule has 0 bridgehead atoms. The maximum absolute atomic E-state index is 11.8. The van der Waals surface area contributed by atoms with Crippen LogP contribution >= 0.6 is 12.6 Å². The molecule has 4 nitrogen and oxygen atoms in total. The molecule has 148 valence electrons. The fourth-order valence-electron chi connectivity index (χ4n) is 3.04. The Morgan fingerprint density at radius 1 is 0.840 bits per heavy atom. The Balaban J connectivity index is 3.48. The Hall–Kier alpha value is -0.710. The van der Waals surface area contributed by atoms with Crippen molar-refractivity contribution in [2.45, 2.75) is 96.8 Å². The Kier molecular flexibility index (Phi) is 17.6. The van der Waals surface area contributed by atoms with E-state index in [-0.39, 0.29) is 5.91 Å². The van der Waals surface area contributed by atoms with E-state index in [1.54, 1.807) is 0 Å². The molecule has 5 heteroatoms. The van der Waals surface area contributed by atoms with Crippen molar-refractivity contribution in [2.24, 2.45) is 5.92 Å². The Bertz CT molecular complexity index is 337. The number of unbranched alkanes of at least 4 members (excludes halogenated alkanes) is 12. The largest absolute Gasteiger partial charge is 0.481 e. The number of carboxylic acids is 1. The number of nitrogens with one attached hydrogen (secondary N) is 1. The lowest BCUT2D eigenvalue weighted by atomic mass is 9.99. The number of hydrogen-bond donors (Lipinski definition) is 3. The fraction of sp³-hybridized carbons (Fsp3) is 0.900. The van der Waals surface area contributed by atoms with Gasteiger partial charge in [0.25, 0.3) is 0 Å². The number of hydrogen-bond acceptors (Lipinski definition) is 3. The highest BCUT2D eigenvalue weighted by molar-refractivity contribution is 7.80. The minimum atomic E-state index is -1.02. The number of aliphatic carboxylic acids is 1. The van der Waals surface area contributed by atoms with Crippen molar-refractivity contribution in [3.63, 3.8) is 0 Å². The van der Waals surface area contributed by atoms with Crippen molar-refractivity contribution in [3.05, 3.63) is 0 Å². The summed E-state index contributed by atoms with van der Waals surface area (Å²) in [5, 5.41) is 11.8. The standard InChI is InChI=1S/C20H39NO3S/c1-2-3-4-5-6-7-8-9-10-11-12-13-14-15-18(20(23)24)19(22)21-16-17-25/h18,25H,2-17H2,1H3,(H,21,22)(H,23,24). The Labute approximate surface area is 159 Å². The smallest absolute Gasteiger partial charge is 0.316 e. The summed E-state index contributed by atoms with van der Waals surface area (Å²) in [6.07, 6.45) is 16.8. The van der Waals surface area contributed by atoms with E-state index < -0.39 is 11.9 Å². The molecule has 0 saturated heterocycles. The average Bonchev–Trinajstić information content (AvgIpc) is 2.59. The summed E-state index contributed by atoms with van der Waals surface area (Å²) in [5.41, 5.74) is 0. The van der Waals surface area contributed by atoms with E-state index in [0.717, 1.165) is 19.3 Å². The molecular formula is C20H39NO3S. The molecule has 0 aromatic heterocycles. The average molecular weight is 374 g/mol. The third kappa shape index (κ3) is 15.3. The molecule has 0 spiro atoms. The van der Waals surface area contributed by atoms with Crippen LogP contribution < -0.4 is 5.32 Å². The van der Waals surface area contributed by atoms with Gasteiger partial charge in [-0.25, -0.2) is 0 Å². The molecule has 0 radical (unpaired) electrons. The van der Waals surface area contributed by atoms with Crippen molar-refractivity contribution in [2.75, 3.05) is 12.3 Å². The molecule has 0 aromatic carbocycles. The quantitative estimate of drug-likeness (QED) is 0.175. The minimum absolute atomic E-state index is 0.375. The zero-order valence-corrected chi connectivity index (χ0v) is 17.0. The van der Waals surface area contributed by atoms with Crippen molar-refractivity contribution in [1.29, 1.82) is 0 Å². The normalized spacial score (nSPS) is 12.1. The maximum atomic E-state index is 11.8. The van der Waals surface area contributed by atoms with Crippen LogP contribution in [0.4, 0.5) is 0 Å².